The second-order valence-electron chi connectivity index (χ2n) is 4.17. The van der Waals surface area contributed by atoms with Crippen molar-refractivity contribution in [1.82, 2.24) is 0 Å². The van der Waals surface area contributed by atoms with Gasteiger partial charge in [0.25, 0.3) is 0 Å². The van der Waals surface area contributed by atoms with Gasteiger partial charge in [-0.15, -0.1) is 0 Å². The maximum absolute atomic E-state index is 3.91. The first-order chi connectivity index (χ1) is 5.79. The van der Waals surface area contributed by atoms with Crippen LogP contribution in [0.4, 0.5) is 0 Å². The van der Waals surface area contributed by atoms with E-state index in [-0.39, 0.29) is 0 Å². The minimum Gasteiger partial charge on any atom is -0.0654 e. The van der Waals surface area contributed by atoms with Gasteiger partial charge in [0.05, 0.1) is 0 Å². The zero-order valence-electron chi connectivity index (χ0n) is 8.47. The maximum Gasteiger partial charge on any atom is 0.0273 e. The third-order valence-corrected chi connectivity index (χ3v) is 4.32. The van der Waals surface area contributed by atoms with Crippen molar-refractivity contribution in [2.75, 3.05) is 0 Å². The van der Waals surface area contributed by atoms with E-state index in [0.717, 1.165) is 17.4 Å². The lowest BCUT2D eigenvalue weighted by Gasteiger charge is -2.18. The van der Waals surface area contributed by atoms with Crippen LogP contribution in [0.25, 0.3) is 0 Å². The maximum atomic E-state index is 3.91. The van der Waals surface area contributed by atoms with E-state index in [4.69, 9.17) is 0 Å². The van der Waals surface area contributed by atoms with Crippen LogP contribution >= 0.6 is 0 Å². The van der Waals surface area contributed by atoms with Gasteiger partial charge in [-0.1, -0.05) is 52.4 Å². The monoisotopic (exact) mass is 181 g/mol. The molecule has 0 aromatic rings. The van der Waals surface area contributed by atoms with Gasteiger partial charge in [0, 0.05) is 10.2 Å². The summed E-state index contributed by atoms with van der Waals surface area (Å²) in [7, 11) is 3.91. The molecule has 0 saturated heterocycles. The van der Waals surface area contributed by atoms with E-state index in [1.165, 1.54) is 38.5 Å². The molecule has 69 valence electrons. The van der Waals surface area contributed by atoms with E-state index in [0.29, 0.717) is 0 Å². The van der Waals surface area contributed by atoms with Crippen LogP contribution in [0, 0.1) is 11.8 Å². The molecule has 0 aromatic carbocycles. The van der Waals surface area contributed by atoms with Gasteiger partial charge in [0.1, 0.15) is 0 Å². The van der Waals surface area contributed by atoms with Crippen LogP contribution in [0.2, 0.25) is 5.54 Å². The van der Waals surface area contributed by atoms with Gasteiger partial charge in [-0.05, 0) is 17.4 Å². The molecule has 3 atom stereocenters. The van der Waals surface area contributed by atoms with Gasteiger partial charge in [0.15, 0.2) is 0 Å². The van der Waals surface area contributed by atoms with Gasteiger partial charge in [-0.25, -0.2) is 0 Å². The Kier molecular flexibility index (Phi) is 4.34. The Morgan fingerprint density at radius 2 is 1.83 bits per heavy atom. The second kappa shape index (κ2) is 5.06. The fourth-order valence-corrected chi connectivity index (χ4v) is 3.16. The summed E-state index contributed by atoms with van der Waals surface area (Å²) in [5, 5.41) is 0. The molecule has 0 bridgehead atoms. The Bertz CT molecular complexity index is 122. The van der Waals surface area contributed by atoms with Crippen LogP contribution in [0.15, 0.2) is 0 Å². The average molecular weight is 181 g/mol. The Hall–Kier alpha value is 0.217. The lowest BCUT2D eigenvalue weighted by Crippen LogP contribution is -2.08. The molecule has 0 aliphatic heterocycles. The van der Waals surface area contributed by atoms with Crippen molar-refractivity contribution in [3.8, 4) is 0 Å². The molecule has 0 N–H and O–H groups in total. The summed E-state index contributed by atoms with van der Waals surface area (Å²) in [6.07, 6.45) is 8.50. The number of hydrogen-bond acceptors (Lipinski definition) is 0. The van der Waals surface area contributed by atoms with E-state index in [1.807, 2.05) is 0 Å². The molecule has 3 radical (unpaired) electrons. The Balaban J connectivity index is 2.28. The number of hydrogen-bond donors (Lipinski definition) is 0. The van der Waals surface area contributed by atoms with Crippen LogP contribution < -0.4 is 0 Å². The van der Waals surface area contributed by atoms with Gasteiger partial charge >= 0.3 is 0 Å². The lowest BCUT2D eigenvalue weighted by molar-refractivity contribution is 0.444. The minimum absolute atomic E-state index is 0.821. The van der Waals surface area contributed by atoms with E-state index in [9.17, 15) is 0 Å². The summed E-state index contributed by atoms with van der Waals surface area (Å²) in [4.78, 5) is 0. The third kappa shape index (κ3) is 2.35. The van der Waals surface area contributed by atoms with Crippen LogP contribution in [0.1, 0.15) is 52.4 Å². The third-order valence-electron chi connectivity index (χ3n) is 3.38. The highest BCUT2D eigenvalue weighted by atomic mass is 28.1. The first-order valence-corrected chi connectivity index (χ1v) is 6.08. The van der Waals surface area contributed by atoms with Crippen molar-refractivity contribution in [3.63, 3.8) is 0 Å². The average Bonchev–Trinajstić information content (AvgIpc) is 2.43. The molecule has 1 saturated carbocycles. The first-order valence-electron chi connectivity index (χ1n) is 5.50. The van der Waals surface area contributed by atoms with Gasteiger partial charge in [-0.3, -0.25) is 0 Å². The van der Waals surface area contributed by atoms with Crippen molar-refractivity contribution >= 4 is 10.2 Å². The van der Waals surface area contributed by atoms with E-state index < -0.39 is 0 Å². The molecule has 1 aliphatic carbocycles. The summed E-state index contributed by atoms with van der Waals surface area (Å²) in [6, 6.07) is 0. The van der Waals surface area contributed by atoms with Crippen molar-refractivity contribution in [1.29, 1.82) is 0 Å². The highest BCUT2D eigenvalue weighted by Crippen LogP contribution is 2.43. The van der Waals surface area contributed by atoms with Crippen LogP contribution in [-0.4, -0.2) is 10.2 Å². The molecule has 1 fully saturated rings. The van der Waals surface area contributed by atoms with E-state index >= 15 is 0 Å². The fourth-order valence-electron chi connectivity index (χ4n) is 2.42. The molecule has 0 amide bonds. The molecule has 0 spiro atoms. The van der Waals surface area contributed by atoms with Crippen LogP contribution in [0.3, 0.4) is 0 Å². The van der Waals surface area contributed by atoms with Gasteiger partial charge in [-0.2, -0.15) is 0 Å². The Morgan fingerprint density at radius 1 is 1.17 bits per heavy atom. The lowest BCUT2D eigenvalue weighted by atomic mass is 9.97. The zero-order chi connectivity index (χ0) is 8.97. The molecular weight excluding hydrogens is 160 g/mol. The molecule has 1 rings (SSSR count). The van der Waals surface area contributed by atoms with Crippen molar-refractivity contribution in [2.45, 2.75) is 57.9 Å². The van der Waals surface area contributed by atoms with Gasteiger partial charge < -0.3 is 0 Å². The normalized spacial score (nSPS) is 35.8. The minimum atomic E-state index is 0.821. The SMILES string of the molecule is CCCCC1CCC(CC)C1[Si]. The summed E-state index contributed by atoms with van der Waals surface area (Å²) in [5.74, 6) is 1.94. The van der Waals surface area contributed by atoms with Gasteiger partial charge in [0.2, 0.25) is 0 Å². The van der Waals surface area contributed by atoms with Crippen molar-refractivity contribution < 1.29 is 0 Å². The summed E-state index contributed by atoms with van der Waals surface area (Å²) < 4.78 is 0. The Labute approximate surface area is 80.6 Å². The molecule has 3 unspecified atom stereocenters. The van der Waals surface area contributed by atoms with E-state index in [1.54, 1.807) is 0 Å². The highest BCUT2D eigenvalue weighted by Gasteiger charge is 2.30. The summed E-state index contributed by atoms with van der Waals surface area (Å²) >= 11 is 0. The van der Waals surface area contributed by atoms with Crippen LogP contribution in [0.5, 0.6) is 0 Å². The first kappa shape index (κ1) is 10.3. The molecule has 0 heterocycles. The molecule has 1 heteroatoms. The van der Waals surface area contributed by atoms with E-state index in [2.05, 4.69) is 24.1 Å². The largest absolute Gasteiger partial charge is 0.0654 e. The predicted molar refractivity (Wildman–Crippen MR) is 55.5 cm³/mol. The second-order valence-corrected chi connectivity index (χ2v) is 4.84. The fraction of sp³-hybridized carbons (Fsp3) is 1.00. The molecule has 0 aromatic heterocycles. The Morgan fingerprint density at radius 3 is 2.33 bits per heavy atom. The molecular formula is C11H21Si. The quantitative estimate of drug-likeness (QED) is 0.582. The van der Waals surface area contributed by atoms with Crippen molar-refractivity contribution in [3.05, 3.63) is 0 Å². The standard InChI is InChI=1S/C11H21Si/c1-3-5-6-10-8-7-9(4-2)11(10)12/h9-11H,3-8H2,1-2H3. The molecule has 0 nitrogen and oxygen atoms in total. The topological polar surface area (TPSA) is 0 Å². The smallest absolute Gasteiger partial charge is 0.0273 e. The summed E-state index contributed by atoms with van der Waals surface area (Å²) in [5.41, 5.74) is 0.821. The highest BCUT2D eigenvalue weighted by molar-refractivity contribution is 6.12. The predicted octanol–water partition coefficient (Wildman–Crippen LogP) is 3.57. The zero-order valence-corrected chi connectivity index (χ0v) is 9.47. The van der Waals surface area contributed by atoms with Crippen molar-refractivity contribution in [2.24, 2.45) is 11.8 Å². The number of rotatable bonds is 4. The van der Waals surface area contributed by atoms with Crippen LogP contribution in [-0.2, 0) is 0 Å². The molecule has 12 heavy (non-hydrogen) atoms. The molecule has 1 aliphatic rings. The summed E-state index contributed by atoms with van der Waals surface area (Å²) in [6.45, 7) is 4.61. The number of unbranched alkanes of at least 4 members (excludes halogenated alkanes) is 1.